The van der Waals surface area contributed by atoms with E-state index >= 15 is 0 Å². The van der Waals surface area contributed by atoms with Crippen molar-refractivity contribution in [3.8, 4) is 11.4 Å². The highest BCUT2D eigenvalue weighted by Gasteiger charge is 2.10. The Labute approximate surface area is 130 Å². The number of hydrogen-bond donors (Lipinski definition) is 2. The summed E-state index contributed by atoms with van der Waals surface area (Å²) in [4.78, 5) is 19.5. The van der Waals surface area contributed by atoms with Crippen LogP contribution in [0.25, 0.3) is 11.4 Å². The number of nitrogens with one attached hydrogen (secondary N) is 1. The van der Waals surface area contributed by atoms with Crippen LogP contribution in [0.3, 0.4) is 0 Å². The van der Waals surface area contributed by atoms with Gasteiger partial charge in [0.05, 0.1) is 0 Å². The number of nitrogens with zero attached hydrogens (tertiary/aromatic N) is 3. The van der Waals surface area contributed by atoms with Crippen LogP contribution in [0.15, 0.2) is 41.7 Å². The molecule has 0 fully saturated rings. The van der Waals surface area contributed by atoms with Gasteiger partial charge in [0.2, 0.25) is 0 Å². The number of anilines is 1. The first-order chi connectivity index (χ1) is 10.6. The van der Waals surface area contributed by atoms with Crippen LogP contribution in [-0.2, 0) is 0 Å². The Morgan fingerprint density at radius 3 is 2.77 bits per heavy atom. The van der Waals surface area contributed by atoms with E-state index in [9.17, 15) is 4.91 Å². The van der Waals surface area contributed by atoms with Gasteiger partial charge in [0.15, 0.2) is 5.82 Å². The van der Waals surface area contributed by atoms with Crippen molar-refractivity contribution in [1.29, 1.82) is 0 Å². The van der Waals surface area contributed by atoms with Crippen molar-refractivity contribution in [2.45, 2.75) is 26.3 Å². The summed E-state index contributed by atoms with van der Waals surface area (Å²) in [7, 11) is 0. The lowest BCUT2D eigenvalue weighted by atomic mass is 10.0. The molecule has 0 aliphatic carbocycles. The van der Waals surface area contributed by atoms with Crippen LogP contribution in [0.5, 0.6) is 0 Å². The number of benzene rings is 1. The zero-order valence-electron chi connectivity index (χ0n) is 12.9. The highest BCUT2D eigenvalue weighted by molar-refractivity contribution is 5.71. The molecule has 0 spiro atoms. The minimum atomic E-state index is 0.0716. The summed E-state index contributed by atoms with van der Waals surface area (Å²) in [5.41, 5.74) is 7.00. The molecular formula is C16H21N5O. The zero-order valence-corrected chi connectivity index (χ0v) is 12.9. The van der Waals surface area contributed by atoms with Gasteiger partial charge in [-0.1, -0.05) is 26.0 Å². The lowest BCUT2D eigenvalue weighted by molar-refractivity contribution is 0.508. The third kappa shape index (κ3) is 4.33. The molecule has 0 aliphatic heterocycles. The van der Waals surface area contributed by atoms with Gasteiger partial charge in [0, 0.05) is 24.3 Å². The first-order valence-corrected chi connectivity index (χ1v) is 7.35. The number of hydrogen-bond acceptors (Lipinski definition) is 6. The summed E-state index contributed by atoms with van der Waals surface area (Å²) in [6, 6.07) is 8.86. The van der Waals surface area contributed by atoms with Gasteiger partial charge < -0.3 is 11.1 Å². The first kappa shape index (κ1) is 16.0. The molecule has 1 atom stereocenters. The minimum absolute atomic E-state index is 0.0716. The fourth-order valence-corrected chi connectivity index (χ4v) is 2.25. The Hall–Kier alpha value is -2.34. The van der Waals surface area contributed by atoms with E-state index in [0.717, 1.165) is 6.42 Å². The molecule has 6 heteroatoms. The molecule has 0 aliphatic rings. The van der Waals surface area contributed by atoms with E-state index in [0.29, 0.717) is 35.4 Å². The van der Waals surface area contributed by atoms with E-state index in [4.69, 9.17) is 5.73 Å². The van der Waals surface area contributed by atoms with Crippen molar-refractivity contribution in [3.05, 3.63) is 41.4 Å². The Morgan fingerprint density at radius 1 is 1.27 bits per heavy atom. The molecule has 116 valence electrons. The maximum Gasteiger partial charge on any atom is 0.163 e. The molecule has 6 nitrogen and oxygen atoms in total. The minimum Gasteiger partial charge on any atom is -0.368 e. The van der Waals surface area contributed by atoms with Crippen LogP contribution in [0, 0.1) is 10.8 Å². The molecule has 2 rings (SSSR count). The molecule has 1 unspecified atom stereocenters. The summed E-state index contributed by atoms with van der Waals surface area (Å²) < 4.78 is 0. The van der Waals surface area contributed by atoms with Crippen molar-refractivity contribution in [2.75, 3.05) is 11.9 Å². The molecular weight excluding hydrogens is 278 g/mol. The van der Waals surface area contributed by atoms with Gasteiger partial charge >= 0.3 is 0 Å². The van der Waals surface area contributed by atoms with Crippen LogP contribution in [0.2, 0.25) is 0 Å². The van der Waals surface area contributed by atoms with Crippen molar-refractivity contribution in [3.63, 3.8) is 0 Å². The predicted molar refractivity (Wildman–Crippen MR) is 88.8 cm³/mol. The quantitative estimate of drug-likeness (QED) is 0.765. The number of aromatic nitrogens is 2. The summed E-state index contributed by atoms with van der Waals surface area (Å²) in [6.45, 7) is 4.93. The maximum atomic E-state index is 10.9. The van der Waals surface area contributed by atoms with Gasteiger partial charge in [-0.05, 0) is 35.7 Å². The van der Waals surface area contributed by atoms with Gasteiger partial charge in [-0.15, -0.1) is 4.91 Å². The fraction of sp³-hybridized carbons (Fsp3) is 0.375. The third-order valence-electron chi connectivity index (χ3n) is 3.22. The van der Waals surface area contributed by atoms with E-state index in [1.807, 2.05) is 6.07 Å². The zero-order chi connectivity index (χ0) is 15.9. The van der Waals surface area contributed by atoms with Gasteiger partial charge in [-0.3, -0.25) is 0 Å². The summed E-state index contributed by atoms with van der Waals surface area (Å²) >= 11 is 0. The normalized spacial score (nSPS) is 12.2. The van der Waals surface area contributed by atoms with Crippen LogP contribution in [-0.4, -0.2) is 22.6 Å². The molecule has 1 aromatic carbocycles. The Kier molecular flexibility index (Phi) is 5.55. The highest BCUT2D eigenvalue weighted by atomic mass is 16.3. The average Bonchev–Trinajstić information content (AvgIpc) is 2.52. The van der Waals surface area contributed by atoms with E-state index < -0.39 is 0 Å². The van der Waals surface area contributed by atoms with Crippen molar-refractivity contribution < 1.29 is 0 Å². The average molecular weight is 299 g/mol. The standard InChI is InChI=1S/C16H21N5O/c1-11(2)9-12(17)10-19-15-7-8-18-16(20-15)13-5-3-4-6-14(13)21-22/h3-8,11-12H,9-10,17H2,1-2H3,(H,18,19,20). The Bertz CT molecular complexity index is 629. The summed E-state index contributed by atoms with van der Waals surface area (Å²) in [6.07, 6.45) is 2.60. The van der Waals surface area contributed by atoms with Gasteiger partial charge in [-0.25, -0.2) is 9.97 Å². The number of nitrogens with two attached hydrogens (primary N) is 1. The Balaban J connectivity index is 2.12. The Morgan fingerprint density at radius 2 is 2.05 bits per heavy atom. The molecule has 0 radical (unpaired) electrons. The smallest absolute Gasteiger partial charge is 0.163 e. The second-order valence-electron chi connectivity index (χ2n) is 5.64. The predicted octanol–water partition coefficient (Wildman–Crippen LogP) is 3.33. The number of nitroso groups, excluding NO2 is 1. The van der Waals surface area contributed by atoms with Crippen LogP contribution >= 0.6 is 0 Å². The van der Waals surface area contributed by atoms with Crippen molar-refractivity contribution in [1.82, 2.24) is 9.97 Å². The monoisotopic (exact) mass is 299 g/mol. The van der Waals surface area contributed by atoms with E-state index in [1.54, 1.807) is 30.5 Å². The lowest BCUT2D eigenvalue weighted by Gasteiger charge is -2.15. The lowest BCUT2D eigenvalue weighted by Crippen LogP contribution is -2.30. The van der Waals surface area contributed by atoms with Crippen LogP contribution in [0.1, 0.15) is 20.3 Å². The second-order valence-corrected chi connectivity index (χ2v) is 5.64. The molecule has 1 heterocycles. The van der Waals surface area contributed by atoms with Gasteiger partial charge in [0.25, 0.3) is 0 Å². The second kappa shape index (κ2) is 7.61. The fourth-order valence-electron chi connectivity index (χ4n) is 2.25. The van der Waals surface area contributed by atoms with Gasteiger partial charge in [0.1, 0.15) is 11.5 Å². The SMILES string of the molecule is CC(C)CC(N)CNc1ccnc(-c2ccccc2N=O)n1. The third-order valence-corrected chi connectivity index (χ3v) is 3.22. The van der Waals surface area contributed by atoms with E-state index in [1.165, 1.54) is 0 Å². The molecule has 0 saturated carbocycles. The first-order valence-electron chi connectivity index (χ1n) is 7.35. The topological polar surface area (TPSA) is 93.3 Å². The van der Waals surface area contributed by atoms with Crippen LogP contribution < -0.4 is 11.1 Å². The molecule has 2 aromatic rings. The van der Waals surface area contributed by atoms with Crippen LogP contribution in [0.4, 0.5) is 11.5 Å². The molecule has 0 bridgehead atoms. The molecule has 0 amide bonds. The van der Waals surface area contributed by atoms with Crippen molar-refractivity contribution in [2.24, 2.45) is 16.8 Å². The van der Waals surface area contributed by atoms with E-state index in [2.05, 4.69) is 34.3 Å². The maximum absolute atomic E-state index is 10.9. The van der Waals surface area contributed by atoms with Gasteiger partial charge in [-0.2, -0.15) is 0 Å². The molecule has 0 saturated heterocycles. The molecule has 1 aromatic heterocycles. The van der Waals surface area contributed by atoms with Crippen molar-refractivity contribution >= 4 is 11.5 Å². The largest absolute Gasteiger partial charge is 0.368 e. The summed E-state index contributed by atoms with van der Waals surface area (Å²) in [5.74, 6) is 1.71. The van der Waals surface area contributed by atoms with E-state index in [-0.39, 0.29) is 6.04 Å². The molecule has 3 N–H and O–H groups in total. The highest BCUT2D eigenvalue weighted by Crippen LogP contribution is 2.27. The number of rotatable bonds is 7. The summed E-state index contributed by atoms with van der Waals surface area (Å²) in [5, 5.41) is 6.23. The molecule has 22 heavy (non-hydrogen) atoms.